The molecule has 3 rings (SSSR count). The van der Waals surface area contributed by atoms with Crippen molar-refractivity contribution in [3.05, 3.63) is 36.3 Å². The molecule has 3 heterocycles. The van der Waals surface area contributed by atoms with Gasteiger partial charge in [-0.1, -0.05) is 6.07 Å². The third-order valence-corrected chi connectivity index (χ3v) is 4.33. The molecular weight excluding hydrogens is 265 g/mol. The molecule has 1 aliphatic rings. The van der Waals surface area contributed by atoms with Crippen LogP contribution in [0.5, 0.6) is 0 Å². The standard InChI is InChI=1S/C15H20BN3O2/c1-11-12(16-20-14(2,3)15(4,5)21-16)10-19(18-11)13-8-6-7-9-17-13/h6-10H,1-5H3. The Bertz CT molecular complexity index is 636. The number of nitrogens with zero attached hydrogens (tertiary/aromatic N) is 3. The molecule has 2 aromatic rings. The largest absolute Gasteiger partial charge is 0.498 e. The van der Waals surface area contributed by atoms with Crippen LogP contribution in [0.15, 0.2) is 30.6 Å². The third-order valence-electron chi connectivity index (χ3n) is 4.33. The van der Waals surface area contributed by atoms with Crippen molar-refractivity contribution in [1.29, 1.82) is 0 Å². The highest BCUT2D eigenvalue weighted by molar-refractivity contribution is 6.62. The van der Waals surface area contributed by atoms with E-state index in [4.69, 9.17) is 9.31 Å². The highest BCUT2D eigenvalue weighted by Crippen LogP contribution is 2.36. The van der Waals surface area contributed by atoms with Crippen LogP contribution in [0.3, 0.4) is 0 Å². The predicted octanol–water partition coefficient (Wildman–Crippen LogP) is 1.87. The number of hydrogen-bond donors (Lipinski definition) is 0. The van der Waals surface area contributed by atoms with Gasteiger partial charge in [0.2, 0.25) is 0 Å². The van der Waals surface area contributed by atoms with Crippen LogP contribution in [0.25, 0.3) is 5.82 Å². The Kier molecular flexibility index (Phi) is 3.18. The van der Waals surface area contributed by atoms with Crippen LogP contribution in [0.2, 0.25) is 0 Å². The van der Waals surface area contributed by atoms with Crippen LogP contribution < -0.4 is 5.46 Å². The van der Waals surface area contributed by atoms with Crippen LogP contribution in [0, 0.1) is 6.92 Å². The molecule has 6 heteroatoms. The van der Waals surface area contributed by atoms with E-state index < -0.39 is 7.12 Å². The average Bonchev–Trinajstić information content (AvgIpc) is 2.89. The Morgan fingerprint density at radius 2 is 1.76 bits per heavy atom. The first kappa shape index (κ1) is 14.3. The Balaban J connectivity index is 1.93. The number of rotatable bonds is 2. The summed E-state index contributed by atoms with van der Waals surface area (Å²) >= 11 is 0. The normalized spacial score (nSPS) is 20.0. The zero-order chi connectivity index (χ0) is 15.3. The number of pyridine rings is 1. The maximum Gasteiger partial charge on any atom is 0.498 e. The number of aromatic nitrogens is 3. The van der Waals surface area contributed by atoms with Gasteiger partial charge in [-0.3, -0.25) is 0 Å². The van der Waals surface area contributed by atoms with E-state index in [0.717, 1.165) is 17.0 Å². The Morgan fingerprint density at radius 1 is 1.10 bits per heavy atom. The average molecular weight is 285 g/mol. The summed E-state index contributed by atoms with van der Waals surface area (Å²) in [5.41, 5.74) is 1.13. The molecule has 1 saturated heterocycles. The lowest BCUT2D eigenvalue weighted by Crippen LogP contribution is -2.41. The van der Waals surface area contributed by atoms with Gasteiger partial charge in [-0.15, -0.1) is 0 Å². The van der Waals surface area contributed by atoms with E-state index in [-0.39, 0.29) is 11.2 Å². The summed E-state index contributed by atoms with van der Waals surface area (Å²) in [6, 6.07) is 5.74. The summed E-state index contributed by atoms with van der Waals surface area (Å²) in [6.45, 7) is 10.1. The summed E-state index contributed by atoms with van der Waals surface area (Å²) in [5.74, 6) is 0.781. The minimum Gasteiger partial charge on any atom is -0.399 e. The van der Waals surface area contributed by atoms with Gasteiger partial charge in [-0.2, -0.15) is 5.10 Å². The van der Waals surface area contributed by atoms with Gasteiger partial charge in [-0.05, 0) is 46.8 Å². The van der Waals surface area contributed by atoms with E-state index >= 15 is 0 Å². The highest BCUT2D eigenvalue weighted by atomic mass is 16.7. The van der Waals surface area contributed by atoms with Crippen molar-refractivity contribution in [2.45, 2.75) is 45.8 Å². The van der Waals surface area contributed by atoms with Gasteiger partial charge in [0, 0.05) is 17.9 Å². The van der Waals surface area contributed by atoms with E-state index in [1.54, 1.807) is 10.9 Å². The minimum absolute atomic E-state index is 0.350. The minimum atomic E-state index is -0.396. The van der Waals surface area contributed by atoms with Crippen LogP contribution in [-0.4, -0.2) is 33.1 Å². The fourth-order valence-corrected chi connectivity index (χ4v) is 2.28. The fraction of sp³-hybridized carbons (Fsp3) is 0.467. The lowest BCUT2D eigenvalue weighted by molar-refractivity contribution is 0.00578. The lowest BCUT2D eigenvalue weighted by Gasteiger charge is -2.32. The van der Waals surface area contributed by atoms with Crippen molar-refractivity contribution >= 4 is 12.6 Å². The Morgan fingerprint density at radius 3 is 2.33 bits per heavy atom. The molecule has 21 heavy (non-hydrogen) atoms. The highest BCUT2D eigenvalue weighted by Gasteiger charge is 2.52. The molecule has 0 amide bonds. The van der Waals surface area contributed by atoms with E-state index in [9.17, 15) is 0 Å². The van der Waals surface area contributed by atoms with Gasteiger partial charge >= 0.3 is 7.12 Å². The second-order valence-corrected chi connectivity index (χ2v) is 6.39. The van der Waals surface area contributed by atoms with Crippen molar-refractivity contribution in [2.75, 3.05) is 0 Å². The molecule has 0 atom stereocenters. The summed E-state index contributed by atoms with van der Waals surface area (Å²) < 4.78 is 13.9. The van der Waals surface area contributed by atoms with E-state index in [2.05, 4.69) is 10.1 Å². The molecule has 1 aliphatic heterocycles. The number of aryl methyl sites for hydroxylation is 1. The first-order chi connectivity index (χ1) is 9.80. The van der Waals surface area contributed by atoms with Gasteiger partial charge < -0.3 is 9.31 Å². The Hall–Kier alpha value is -1.66. The number of hydrogen-bond acceptors (Lipinski definition) is 4. The van der Waals surface area contributed by atoms with Crippen LogP contribution in [0.4, 0.5) is 0 Å². The van der Waals surface area contributed by atoms with Crippen LogP contribution in [-0.2, 0) is 9.31 Å². The predicted molar refractivity (Wildman–Crippen MR) is 81.8 cm³/mol. The summed E-state index contributed by atoms with van der Waals surface area (Å²) in [4.78, 5) is 4.31. The second-order valence-electron chi connectivity index (χ2n) is 6.39. The zero-order valence-corrected chi connectivity index (χ0v) is 13.1. The molecule has 0 aromatic carbocycles. The molecule has 0 unspecified atom stereocenters. The molecule has 2 aromatic heterocycles. The van der Waals surface area contributed by atoms with Gasteiger partial charge in [0.05, 0.1) is 16.9 Å². The van der Waals surface area contributed by atoms with E-state index in [1.807, 2.05) is 59.0 Å². The van der Waals surface area contributed by atoms with Gasteiger partial charge in [0.25, 0.3) is 0 Å². The maximum absolute atomic E-state index is 6.08. The first-order valence-corrected chi connectivity index (χ1v) is 7.13. The summed E-state index contributed by atoms with van der Waals surface area (Å²) in [7, 11) is -0.396. The quantitative estimate of drug-likeness (QED) is 0.790. The third kappa shape index (κ3) is 2.38. The lowest BCUT2D eigenvalue weighted by atomic mass is 9.79. The van der Waals surface area contributed by atoms with Crippen LogP contribution in [0.1, 0.15) is 33.4 Å². The molecule has 0 radical (unpaired) electrons. The molecule has 110 valence electrons. The van der Waals surface area contributed by atoms with Crippen molar-refractivity contribution in [2.24, 2.45) is 0 Å². The van der Waals surface area contributed by atoms with Crippen LogP contribution >= 0.6 is 0 Å². The van der Waals surface area contributed by atoms with Gasteiger partial charge in [0.15, 0.2) is 5.82 Å². The fourth-order valence-electron chi connectivity index (χ4n) is 2.28. The molecule has 0 spiro atoms. The van der Waals surface area contributed by atoms with Gasteiger partial charge in [0.1, 0.15) is 0 Å². The summed E-state index contributed by atoms with van der Waals surface area (Å²) in [6.07, 6.45) is 3.68. The monoisotopic (exact) mass is 285 g/mol. The first-order valence-electron chi connectivity index (χ1n) is 7.13. The van der Waals surface area contributed by atoms with Crippen molar-refractivity contribution in [1.82, 2.24) is 14.8 Å². The van der Waals surface area contributed by atoms with Gasteiger partial charge in [-0.25, -0.2) is 9.67 Å². The molecule has 0 N–H and O–H groups in total. The van der Waals surface area contributed by atoms with Crippen molar-refractivity contribution in [3.63, 3.8) is 0 Å². The molecule has 5 nitrogen and oxygen atoms in total. The second kappa shape index (κ2) is 4.68. The molecular formula is C15H20BN3O2. The van der Waals surface area contributed by atoms with E-state index in [1.165, 1.54) is 0 Å². The molecule has 0 aliphatic carbocycles. The molecule has 1 fully saturated rings. The van der Waals surface area contributed by atoms with Crippen molar-refractivity contribution in [3.8, 4) is 5.82 Å². The SMILES string of the molecule is Cc1nn(-c2ccccn2)cc1B1OC(C)(C)C(C)(C)O1. The topological polar surface area (TPSA) is 49.2 Å². The van der Waals surface area contributed by atoms with E-state index in [0.29, 0.717) is 0 Å². The summed E-state index contributed by atoms with van der Waals surface area (Å²) in [5, 5.41) is 4.52. The Labute approximate surface area is 125 Å². The van der Waals surface area contributed by atoms with Crippen molar-refractivity contribution < 1.29 is 9.31 Å². The smallest absolute Gasteiger partial charge is 0.399 e. The molecule has 0 saturated carbocycles. The zero-order valence-electron chi connectivity index (χ0n) is 13.1. The molecule has 0 bridgehead atoms. The maximum atomic E-state index is 6.08.